The van der Waals surface area contributed by atoms with Gasteiger partial charge in [0.25, 0.3) is 5.91 Å². The van der Waals surface area contributed by atoms with Gasteiger partial charge in [-0.05, 0) is 30.0 Å². The molecule has 0 unspecified atom stereocenters. The molecule has 0 atom stereocenters. The number of rotatable bonds is 3. The van der Waals surface area contributed by atoms with Gasteiger partial charge in [0.05, 0.1) is 10.6 Å². The largest absolute Gasteiger partial charge is 0.335 e. The van der Waals surface area contributed by atoms with Crippen LogP contribution >= 0.6 is 0 Å². The van der Waals surface area contributed by atoms with Crippen molar-refractivity contribution in [2.75, 3.05) is 18.8 Å². The monoisotopic (exact) mass is 335 g/mol. The van der Waals surface area contributed by atoms with Gasteiger partial charge in [-0.1, -0.05) is 45.4 Å². The molecule has 1 aromatic carbocycles. The molecule has 0 saturated heterocycles. The second-order valence-electron chi connectivity index (χ2n) is 6.91. The lowest BCUT2D eigenvalue weighted by atomic mass is 9.83. The van der Waals surface area contributed by atoms with Crippen molar-refractivity contribution in [3.63, 3.8) is 0 Å². The van der Waals surface area contributed by atoms with Crippen LogP contribution in [0.5, 0.6) is 0 Å². The van der Waals surface area contributed by atoms with Crippen molar-refractivity contribution in [3.05, 3.63) is 41.5 Å². The summed E-state index contributed by atoms with van der Waals surface area (Å²) in [6.07, 6.45) is 2.98. The topological polar surface area (TPSA) is 54.5 Å². The molecule has 0 aromatic heterocycles. The number of benzene rings is 1. The van der Waals surface area contributed by atoms with Crippen LogP contribution in [0.3, 0.4) is 0 Å². The molecule has 1 amide bonds. The van der Waals surface area contributed by atoms with E-state index in [2.05, 4.69) is 26.8 Å². The summed E-state index contributed by atoms with van der Waals surface area (Å²) in [5, 5.41) is 0. The van der Waals surface area contributed by atoms with E-state index < -0.39 is 9.84 Å². The first kappa shape index (κ1) is 17.7. The van der Waals surface area contributed by atoms with Gasteiger partial charge in [-0.3, -0.25) is 4.79 Å². The minimum atomic E-state index is -3.30. The molecule has 0 bridgehead atoms. The Labute approximate surface area is 139 Å². The Morgan fingerprint density at radius 3 is 2.48 bits per heavy atom. The van der Waals surface area contributed by atoms with Crippen LogP contribution in [-0.2, 0) is 9.84 Å². The van der Waals surface area contributed by atoms with E-state index in [0.717, 1.165) is 6.42 Å². The Bertz CT molecular complexity index is 727. The molecule has 126 valence electrons. The van der Waals surface area contributed by atoms with Gasteiger partial charge in [-0.15, -0.1) is 0 Å². The van der Waals surface area contributed by atoms with Crippen molar-refractivity contribution in [2.24, 2.45) is 5.41 Å². The van der Waals surface area contributed by atoms with Crippen LogP contribution in [0.25, 0.3) is 0 Å². The molecule has 4 nitrogen and oxygen atoms in total. The van der Waals surface area contributed by atoms with Crippen molar-refractivity contribution in [1.82, 2.24) is 4.90 Å². The molecule has 2 rings (SSSR count). The first-order valence-electron chi connectivity index (χ1n) is 7.97. The molecule has 0 spiro atoms. The van der Waals surface area contributed by atoms with E-state index in [1.807, 2.05) is 0 Å². The number of nitrogens with zero attached hydrogens (tertiary/aromatic N) is 1. The average Bonchev–Trinajstić information content (AvgIpc) is 2.53. The lowest BCUT2D eigenvalue weighted by Crippen LogP contribution is -2.36. The Morgan fingerprint density at radius 1 is 1.26 bits per heavy atom. The molecule has 1 aliphatic rings. The van der Waals surface area contributed by atoms with Gasteiger partial charge in [-0.25, -0.2) is 8.42 Å². The zero-order valence-corrected chi connectivity index (χ0v) is 15.1. The molecule has 1 heterocycles. The van der Waals surface area contributed by atoms with Crippen LogP contribution in [0.1, 0.15) is 44.5 Å². The average molecular weight is 335 g/mol. The number of carbonyl (C=O) groups is 1. The predicted octanol–water partition coefficient (Wildman–Crippen LogP) is 3.30. The summed E-state index contributed by atoms with van der Waals surface area (Å²) >= 11 is 0. The number of hydrogen-bond acceptors (Lipinski definition) is 3. The number of hydrogen-bond donors (Lipinski definition) is 0. The molecule has 5 heteroatoms. The molecule has 1 aromatic rings. The van der Waals surface area contributed by atoms with E-state index in [0.29, 0.717) is 18.7 Å². The molecule has 0 radical (unpaired) electrons. The van der Waals surface area contributed by atoms with Crippen LogP contribution in [0.4, 0.5) is 0 Å². The van der Waals surface area contributed by atoms with Gasteiger partial charge in [0.1, 0.15) is 0 Å². The standard InChI is InChI=1S/C18H25NO3S/c1-5-23(21,22)16-8-6-7-14(13-16)17(20)19-11-9-15(10-12-19)18(2,3)4/h6-9,13H,5,10-12H2,1-4H3. The highest BCUT2D eigenvalue weighted by Crippen LogP contribution is 2.30. The minimum Gasteiger partial charge on any atom is -0.335 e. The van der Waals surface area contributed by atoms with Crippen LogP contribution in [0.15, 0.2) is 40.8 Å². The fraction of sp³-hybridized carbons (Fsp3) is 0.500. The van der Waals surface area contributed by atoms with E-state index in [9.17, 15) is 13.2 Å². The van der Waals surface area contributed by atoms with Crippen molar-refractivity contribution in [3.8, 4) is 0 Å². The van der Waals surface area contributed by atoms with Crippen molar-refractivity contribution >= 4 is 15.7 Å². The summed E-state index contributed by atoms with van der Waals surface area (Å²) in [6, 6.07) is 6.35. The van der Waals surface area contributed by atoms with E-state index in [1.54, 1.807) is 30.0 Å². The van der Waals surface area contributed by atoms with Crippen LogP contribution in [0, 0.1) is 5.41 Å². The Kier molecular flexibility index (Phi) is 4.99. The summed E-state index contributed by atoms with van der Waals surface area (Å²) in [4.78, 5) is 14.6. The van der Waals surface area contributed by atoms with Gasteiger partial charge in [0, 0.05) is 18.7 Å². The third kappa shape index (κ3) is 4.02. The maximum Gasteiger partial charge on any atom is 0.254 e. The summed E-state index contributed by atoms with van der Waals surface area (Å²) in [6.45, 7) is 9.39. The highest BCUT2D eigenvalue weighted by molar-refractivity contribution is 7.91. The van der Waals surface area contributed by atoms with Gasteiger partial charge in [-0.2, -0.15) is 0 Å². The highest BCUT2D eigenvalue weighted by Gasteiger charge is 2.24. The molecule has 0 aliphatic carbocycles. The maximum absolute atomic E-state index is 12.6. The fourth-order valence-electron chi connectivity index (χ4n) is 2.71. The van der Waals surface area contributed by atoms with E-state index in [4.69, 9.17) is 0 Å². The fourth-order valence-corrected chi connectivity index (χ4v) is 3.63. The van der Waals surface area contributed by atoms with Crippen LogP contribution in [0.2, 0.25) is 0 Å². The second kappa shape index (κ2) is 6.48. The zero-order chi connectivity index (χ0) is 17.3. The molecule has 0 N–H and O–H groups in total. The van der Waals surface area contributed by atoms with Gasteiger partial charge >= 0.3 is 0 Å². The lowest BCUT2D eigenvalue weighted by molar-refractivity contribution is 0.0764. The summed E-state index contributed by atoms with van der Waals surface area (Å²) < 4.78 is 23.9. The highest BCUT2D eigenvalue weighted by atomic mass is 32.2. The second-order valence-corrected chi connectivity index (χ2v) is 9.19. The normalized spacial score (nSPS) is 16.2. The zero-order valence-electron chi connectivity index (χ0n) is 14.3. The third-order valence-corrected chi connectivity index (χ3v) is 6.01. The molecule has 23 heavy (non-hydrogen) atoms. The van der Waals surface area contributed by atoms with Crippen molar-refractivity contribution in [2.45, 2.75) is 39.0 Å². The number of amides is 1. The SMILES string of the molecule is CCS(=O)(=O)c1cccc(C(=O)N2CC=C(C(C)(C)C)CC2)c1. The van der Waals surface area contributed by atoms with Gasteiger partial charge < -0.3 is 4.90 Å². The minimum absolute atomic E-state index is 0.0338. The smallest absolute Gasteiger partial charge is 0.254 e. The maximum atomic E-state index is 12.6. The summed E-state index contributed by atoms with van der Waals surface area (Å²) in [5.41, 5.74) is 1.93. The van der Waals surface area contributed by atoms with E-state index in [1.165, 1.54) is 11.6 Å². The number of carbonyl (C=O) groups excluding carboxylic acids is 1. The predicted molar refractivity (Wildman–Crippen MR) is 92.2 cm³/mol. The third-order valence-electron chi connectivity index (χ3n) is 4.28. The van der Waals surface area contributed by atoms with Crippen LogP contribution < -0.4 is 0 Å². The first-order chi connectivity index (χ1) is 10.6. The van der Waals surface area contributed by atoms with Crippen molar-refractivity contribution in [1.29, 1.82) is 0 Å². The van der Waals surface area contributed by atoms with Crippen molar-refractivity contribution < 1.29 is 13.2 Å². The Balaban J connectivity index is 2.20. The molecular weight excluding hydrogens is 310 g/mol. The Morgan fingerprint density at radius 2 is 1.96 bits per heavy atom. The Hall–Kier alpha value is -1.62. The van der Waals surface area contributed by atoms with Crippen LogP contribution in [-0.4, -0.2) is 38.1 Å². The molecular formula is C18H25NO3S. The molecule has 0 saturated carbocycles. The molecule has 0 fully saturated rings. The quantitative estimate of drug-likeness (QED) is 0.797. The first-order valence-corrected chi connectivity index (χ1v) is 9.62. The lowest BCUT2D eigenvalue weighted by Gasteiger charge is -2.32. The summed E-state index contributed by atoms with van der Waals surface area (Å²) in [5.74, 6) is -0.0752. The van der Waals surface area contributed by atoms with Gasteiger partial charge in [0.15, 0.2) is 9.84 Å². The number of sulfone groups is 1. The summed E-state index contributed by atoms with van der Waals surface area (Å²) in [7, 11) is -3.30. The van der Waals surface area contributed by atoms with E-state index in [-0.39, 0.29) is 22.0 Å². The van der Waals surface area contributed by atoms with Gasteiger partial charge in [0.2, 0.25) is 0 Å². The molecule has 1 aliphatic heterocycles. The van der Waals surface area contributed by atoms with E-state index >= 15 is 0 Å².